The maximum atomic E-state index is 12.2. The van der Waals surface area contributed by atoms with Gasteiger partial charge in [-0.05, 0) is 57.4 Å². The number of rotatable bonds is 6. The summed E-state index contributed by atoms with van der Waals surface area (Å²) in [6, 6.07) is 11.1. The van der Waals surface area contributed by atoms with Gasteiger partial charge in [0.1, 0.15) is 11.5 Å². The molecule has 4 rings (SSSR count). The summed E-state index contributed by atoms with van der Waals surface area (Å²) in [5, 5.41) is 4.48. The number of piperazine rings is 1. The molecule has 7 nitrogen and oxygen atoms in total. The van der Waals surface area contributed by atoms with Gasteiger partial charge in [0.2, 0.25) is 5.91 Å². The lowest BCUT2D eigenvalue weighted by atomic mass is 9.99. The van der Waals surface area contributed by atoms with Crippen molar-refractivity contribution < 1.29 is 14.3 Å². The molecule has 1 N–H and O–H groups in total. The van der Waals surface area contributed by atoms with Crippen LogP contribution in [0.1, 0.15) is 45.6 Å². The molecule has 2 heterocycles. The molecule has 214 valence electrons. The molecule has 0 spiro atoms. The average Bonchev–Trinajstić information content (AvgIpc) is 2.87. The molecule has 11 heteroatoms. The predicted molar refractivity (Wildman–Crippen MR) is 167 cm³/mol. The van der Waals surface area contributed by atoms with Gasteiger partial charge in [-0.25, -0.2) is 4.99 Å². The lowest BCUT2D eigenvalue weighted by Crippen LogP contribution is -2.63. The SMILES string of the molecule is Br.CC(=O)N1CCN(C(=NCc2ccc(Br)cc2Oc2ccc(Cl)c(Cl)c2)NCC2CCCCO2)CC1(C)C. The van der Waals surface area contributed by atoms with Gasteiger partial charge in [-0.1, -0.05) is 45.2 Å². The Balaban J connectivity index is 0.00000420. The van der Waals surface area contributed by atoms with E-state index in [-0.39, 0.29) is 34.5 Å². The van der Waals surface area contributed by atoms with Crippen molar-refractivity contribution in [3.05, 3.63) is 56.5 Å². The normalized spacial score (nSPS) is 19.3. The van der Waals surface area contributed by atoms with E-state index in [2.05, 4.69) is 40.0 Å². The topological polar surface area (TPSA) is 66.4 Å². The van der Waals surface area contributed by atoms with Crippen LogP contribution >= 0.6 is 56.1 Å². The highest BCUT2D eigenvalue weighted by Crippen LogP contribution is 2.33. The second kappa shape index (κ2) is 14.4. The highest BCUT2D eigenvalue weighted by Gasteiger charge is 2.36. The van der Waals surface area contributed by atoms with Crippen LogP contribution in [0.4, 0.5) is 0 Å². The number of hydrogen-bond acceptors (Lipinski definition) is 4. The number of ether oxygens (including phenoxy) is 2. The van der Waals surface area contributed by atoms with E-state index in [0.29, 0.717) is 54.3 Å². The number of carbonyl (C=O) groups is 1. The smallest absolute Gasteiger partial charge is 0.220 e. The zero-order valence-electron chi connectivity index (χ0n) is 22.5. The van der Waals surface area contributed by atoms with Gasteiger partial charge < -0.3 is 24.6 Å². The molecule has 2 aliphatic rings. The Morgan fingerprint density at radius 2 is 1.97 bits per heavy atom. The van der Waals surface area contributed by atoms with E-state index in [0.717, 1.165) is 35.4 Å². The minimum Gasteiger partial charge on any atom is -0.457 e. The number of aliphatic imine (C=N–C) groups is 1. The second-order valence-electron chi connectivity index (χ2n) is 10.3. The Labute approximate surface area is 260 Å². The third kappa shape index (κ3) is 8.73. The molecule has 2 aromatic rings. The molecule has 1 atom stereocenters. The van der Waals surface area contributed by atoms with E-state index < -0.39 is 0 Å². The average molecular weight is 707 g/mol. The van der Waals surface area contributed by atoms with E-state index in [1.54, 1.807) is 25.1 Å². The van der Waals surface area contributed by atoms with E-state index in [9.17, 15) is 4.79 Å². The molecule has 0 bridgehead atoms. The van der Waals surface area contributed by atoms with Crippen molar-refractivity contribution in [2.75, 3.05) is 32.8 Å². The van der Waals surface area contributed by atoms with Crippen LogP contribution < -0.4 is 10.1 Å². The van der Waals surface area contributed by atoms with Crippen LogP contribution in [0.2, 0.25) is 10.0 Å². The van der Waals surface area contributed by atoms with Crippen LogP contribution in [-0.4, -0.2) is 66.1 Å². The molecular formula is C28H36Br2Cl2N4O3. The number of nitrogens with zero attached hydrogens (tertiary/aromatic N) is 3. The lowest BCUT2D eigenvalue weighted by molar-refractivity contribution is -0.136. The van der Waals surface area contributed by atoms with Gasteiger partial charge in [-0.3, -0.25) is 4.79 Å². The Morgan fingerprint density at radius 1 is 1.18 bits per heavy atom. The molecule has 1 unspecified atom stereocenters. The largest absolute Gasteiger partial charge is 0.457 e. The first-order valence-corrected chi connectivity index (χ1v) is 14.5. The number of halogens is 4. The summed E-state index contributed by atoms with van der Waals surface area (Å²) in [4.78, 5) is 21.4. The Morgan fingerprint density at radius 3 is 2.64 bits per heavy atom. The third-order valence-electron chi connectivity index (χ3n) is 6.89. The van der Waals surface area contributed by atoms with Crippen molar-refractivity contribution in [3.8, 4) is 11.5 Å². The fourth-order valence-corrected chi connectivity index (χ4v) is 5.57. The van der Waals surface area contributed by atoms with Gasteiger partial charge in [-0.15, -0.1) is 17.0 Å². The van der Waals surface area contributed by atoms with Crippen molar-refractivity contribution in [1.29, 1.82) is 0 Å². The Kier molecular flexibility index (Phi) is 11.8. The zero-order valence-corrected chi connectivity index (χ0v) is 27.3. The number of hydrogen-bond donors (Lipinski definition) is 1. The van der Waals surface area contributed by atoms with Crippen molar-refractivity contribution in [2.45, 2.75) is 58.2 Å². The quantitative estimate of drug-likeness (QED) is 0.257. The van der Waals surface area contributed by atoms with Crippen molar-refractivity contribution >= 4 is 68.0 Å². The maximum Gasteiger partial charge on any atom is 0.220 e. The first-order chi connectivity index (χ1) is 18.1. The molecule has 2 aliphatic heterocycles. The molecule has 2 fully saturated rings. The van der Waals surface area contributed by atoms with Gasteiger partial charge in [0.15, 0.2) is 5.96 Å². The van der Waals surface area contributed by atoms with Gasteiger partial charge in [0.05, 0.1) is 28.2 Å². The van der Waals surface area contributed by atoms with E-state index >= 15 is 0 Å². The molecule has 0 aromatic heterocycles. The summed E-state index contributed by atoms with van der Waals surface area (Å²) in [6.45, 7) is 9.76. The van der Waals surface area contributed by atoms with Crippen LogP contribution in [-0.2, 0) is 16.1 Å². The van der Waals surface area contributed by atoms with E-state index in [1.165, 1.54) is 6.42 Å². The summed E-state index contributed by atoms with van der Waals surface area (Å²) in [5.74, 6) is 2.17. The Hall–Kier alpha value is -1.52. The van der Waals surface area contributed by atoms with Gasteiger partial charge in [-0.2, -0.15) is 0 Å². The summed E-state index contributed by atoms with van der Waals surface area (Å²) in [7, 11) is 0. The lowest BCUT2D eigenvalue weighted by Gasteiger charge is -2.47. The van der Waals surface area contributed by atoms with Crippen molar-refractivity contribution in [1.82, 2.24) is 15.1 Å². The number of benzene rings is 2. The van der Waals surface area contributed by atoms with Crippen molar-refractivity contribution in [3.63, 3.8) is 0 Å². The van der Waals surface area contributed by atoms with Gasteiger partial charge >= 0.3 is 0 Å². The summed E-state index contributed by atoms with van der Waals surface area (Å²) >= 11 is 15.8. The molecule has 2 aromatic carbocycles. The van der Waals surface area contributed by atoms with Crippen LogP contribution in [0, 0.1) is 0 Å². The molecule has 2 saturated heterocycles. The number of nitrogens with one attached hydrogen (secondary N) is 1. The van der Waals surface area contributed by atoms with E-state index in [1.807, 2.05) is 23.1 Å². The zero-order chi connectivity index (χ0) is 27.3. The minimum atomic E-state index is -0.312. The van der Waals surface area contributed by atoms with Crippen LogP contribution in [0.25, 0.3) is 0 Å². The van der Waals surface area contributed by atoms with Crippen LogP contribution in [0.3, 0.4) is 0 Å². The third-order valence-corrected chi connectivity index (χ3v) is 8.12. The fraction of sp³-hybridized carbons (Fsp3) is 0.500. The van der Waals surface area contributed by atoms with Crippen LogP contribution in [0.15, 0.2) is 45.9 Å². The molecule has 1 amide bonds. The maximum absolute atomic E-state index is 12.2. The number of carbonyl (C=O) groups excluding carboxylic acids is 1. The number of guanidine groups is 1. The van der Waals surface area contributed by atoms with Gasteiger partial charge in [0.25, 0.3) is 0 Å². The molecule has 0 saturated carbocycles. The first-order valence-electron chi connectivity index (χ1n) is 13.0. The summed E-state index contributed by atoms with van der Waals surface area (Å²) in [6.07, 6.45) is 3.50. The standard InChI is InChI=1S/C28H35BrCl2N4O3.BrH/c1-19(36)35-12-11-34(18-28(35,2)3)27(33-17-23-6-4-5-13-37-23)32-16-20-7-8-21(29)14-26(20)38-22-9-10-24(30)25(31)15-22;/h7-10,14-15,23H,4-6,11-13,16-18H2,1-3H3,(H,32,33);1H. The van der Waals surface area contributed by atoms with E-state index in [4.69, 9.17) is 37.7 Å². The highest BCUT2D eigenvalue weighted by atomic mass is 79.9. The minimum absolute atomic E-state index is 0. The second-order valence-corrected chi connectivity index (χ2v) is 12.1. The molecular weight excluding hydrogens is 671 g/mol. The molecule has 0 aliphatic carbocycles. The van der Waals surface area contributed by atoms with Crippen LogP contribution in [0.5, 0.6) is 11.5 Å². The molecule has 39 heavy (non-hydrogen) atoms. The number of amides is 1. The first kappa shape index (κ1) is 32.0. The summed E-state index contributed by atoms with van der Waals surface area (Å²) < 4.78 is 13.0. The molecule has 0 radical (unpaired) electrons. The summed E-state index contributed by atoms with van der Waals surface area (Å²) in [5.41, 5.74) is 0.613. The monoisotopic (exact) mass is 704 g/mol. The van der Waals surface area contributed by atoms with Gasteiger partial charge in [0, 0.05) is 55.8 Å². The predicted octanol–water partition coefficient (Wildman–Crippen LogP) is 7.08. The van der Waals surface area contributed by atoms with Crippen molar-refractivity contribution in [2.24, 2.45) is 4.99 Å². The fourth-order valence-electron chi connectivity index (χ4n) is 4.94. The highest BCUT2D eigenvalue weighted by molar-refractivity contribution is 9.10. The Bertz CT molecular complexity index is 1180.